The summed E-state index contributed by atoms with van der Waals surface area (Å²) in [6, 6.07) is 3.21. The third kappa shape index (κ3) is 7.00. The summed E-state index contributed by atoms with van der Waals surface area (Å²) in [5.74, 6) is 1.03. The summed E-state index contributed by atoms with van der Waals surface area (Å²) < 4.78 is 7.66. The van der Waals surface area contributed by atoms with E-state index in [-0.39, 0.29) is 50.3 Å². The third-order valence-corrected chi connectivity index (χ3v) is 7.86. The Hall–Kier alpha value is -2.33. The second-order valence-electron chi connectivity index (χ2n) is 9.56. The van der Waals surface area contributed by atoms with Crippen molar-refractivity contribution in [1.29, 1.82) is 0 Å². The molecule has 0 bridgehead atoms. The zero-order valence-electron chi connectivity index (χ0n) is 22.1. The molecule has 1 saturated carbocycles. The standard InChI is InChI=1S/C27H32Cl2N4O3S2/c1-6-15(4)23(12-18(14(2)3)26(37)30-5)36-24-19(28)10-17(11-20(24)29)33-27(38)31-25(35)21(32-33)13-22(34)16-8-7-9-16/h10-12,14,16H,6-9,13H2,1-5H3,(H,30,37)(H,31,35,38)/b18-12-,23-15?. The topological polar surface area (TPSA) is 89.0 Å². The monoisotopic (exact) mass is 594 g/mol. The molecule has 1 fully saturated rings. The SMILES string of the molecule is CCC(C)=C(/C=C(\C(=S)NC)C(C)C)Oc1c(Cl)cc(-n2nc(CC(=O)C3CCC3)c(=O)[nH]c2=S)cc1Cl. The minimum Gasteiger partial charge on any atom is -0.454 e. The number of nitrogens with one attached hydrogen (secondary N) is 2. The molecule has 1 aromatic heterocycles. The number of Topliss-reactive ketones (excluding diaryl/α,β-unsaturated/α-hetero) is 1. The van der Waals surface area contributed by atoms with Crippen molar-refractivity contribution in [1.82, 2.24) is 20.1 Å². The van der Waals surface area contributed by atoms with Crippen LogP contribution in [0.25, 0.3) is 5.69 Å². The molecule has 0 spiro atoms. The maximum absolute atomic E-state index is 12.5. The van der Waals surface area contributed by atoms with Gasteiger partial charge in [-0.1, -0.05) is 62.6 Å². The number of rotatable bonds is 10. The van der Waals surface area contributed by atoms with Crippen molar-refractivity contribution >= 4 is 58.4 Å². The summed E-state index contributed by atoms with van der Waals surface area (Å²) >= 11 is 24.1. The van der Waals surface area contributed by atoms with E-state index in [0.717, 1.165) is 36.8 Å². The van der Waals surface area contributed by atoms with E-state index in [2.05, 4.69) is 29.2 Å². The zero-order chi connectivity index (χ0) is 28.1. The molecule has 1 aliphatic carbocycles. The fourth-order valence-electron chi connectivity index (χ4n) is 3.83. The van der Waals surface area contributed by atoms with E-state index in [4.69, 9.17) is 52.4 Å². The highest BCUT2D eigenvalue weighted by atomic mass is 35.5. The Bertz CT molecular complexity index is 1400. The Morgan fingerprint density at radius 2 is 1.95 bits per heavy atom. The second-order valence-corrected chi connectivity index (χ2v) is 11.2. The Labute approximate surface area is 243 Å². The Morgan fingerprint density at radius 1 is 1.32 bits per heavy atom. The Kier molecular flexibility index (Phi) is 10.5. The predicted molar refractivity (Wildman–Crippen MR) is 159 cm³/mol. The van der Waals surface area contributed by atoms with Gasteiger partial charge in [-0.15, -0.1) is 0 Å². The molecule has 7 nitrogen and oxygen atoms in total. The number of ketones is 1. The molecule has 0 saturated heterocycles. The van der Waals surface area contributed by atoms with Crippen LogP contribution in [0.1, 0.15) is 59.1 Å². The molecule has 0 radical (unpaired) electrons. The number of hydrogen-bond donors (Lipinski definition) is 2. The summed E-state index contributed by atoms with van der Waals surface area (Å²) in [4.78, 5) is 28.2. The van der Waals surface area contributed by atoms with Crippen molar-refractivity contribution < 1.29 is 9.53 Å². The first-order valence-corrected chi connectivity index (χ1v) is 14.1. The first-order valence-electron chi connectivity index (χ1n) is 12.5. The van der Waals surface area contributed by atoms with Crippen molar-refractivity contribution in [2.24, 2.45) is 11.8 Å². The van der Waals surface area contributed by atoms with Gasteiger partial charge in [0.15, 0.2) is 5.75 Å². The molecule has 0 amide bonds. The van der Waals surface area contributed by atoms with E-state index in [9.17, 15) is 9.59 Å². The molecule has 1 aromatic carbocycles. The Balaban J connectivity index is 2.01. The first-order chi connectivity index (χ1) is 18.0. The molecule has 2 N–H and O–H groups in total. The number of hydrogen-bond acceptors (Lipinski definition) is 6. The number of H-pyrrole nitrogens is 1. The van der Waals surface area contributed by atoms with Crippen LogP contribution in [-0.4, -0.2) is 32.6 Å². The molecular formula is C27H32Cl2N4O3S2. The molecular weight excluding hydrogens is 563 g/mol. The van der Waals surface area contributed by atoms with Crippen molar-refractivity contribution in [2.45, 2.75) is 59.8 Å². The van der Waals surface area contributed by atoms with Crippen molar-refractivity contribution in [2.75, 3.05) is 7.05 Å². The van der Waals surface area contributed by atoms with Crippen molar-refractivity contribution in [3.8, 4) is 11.4 Å². The van der Waals surface area contributed by atoms with Crippen LogP contribution < -0.4 is 15.6 Å². The zero-order valence-corrected chi connectivity index (χ0v) is 25.3. The second kappa shape index (κ2) is 13.2. The van der Waals surface area contributed by atoms with Gasteiger partial charge in [0.1, 0.15) is 22.2 Å². The van der Waals surface area contributed by atoms with E-state index < -0.39 is 5.56 Å². The molecule has 38 heavy (non-hydrogen) atoms. The summed E-state index contributed by atoms with van der Waals surface area (Å²) in [5, 5.41) is 7.86. The van der Waals surface area contributed by atoms with E-state index in [1.165, 1.54) is 4.68 Å². The van der Waals surface area contributed by atoms with E-state index >= 15 is 0 Å². The van der Waals surface area contributed by atoms with Crippen LogP contribution in [0.15, 0.2) is 39.9 Å². The van der Waals surface area contributed by atoms with Crippen molar-refractivity contribution in [3.63, 3.8) is 0 Å². The van der Waals surface area contributed by atoms with Gasteiger partial charge in [0.25, 0.3) is 5.56 Å². The first kappa shape index (κ1) is 30.2. The number of halogens is 2. The van der Waals surface area contributed by atoms with Gasteiger partial charge in [-0.25, -0.2) is 4.68 Å². The highest BCUT2D eigenvalue weighted by Crippen LogP contribution is 2.37. The lowest BCUT2D eigenvalue weighted by molar-refractivity contribution is -0.124. The normalized spacial score (nSPS) is 14.7. The number of ether oxygens (including phenoxy) is 1. The van der Waals surface area contributed by atoms with Crippen LogP contribution in [0.3, 0.4) is 0 Å². The third-order valence-electron chi connectivity index (χ3n) is 6.59. The summed E-state index contributed by atoms with van der Waals surface area (Å²) in [6.07, 6.45) is 5.34. The molecule has 0 atom stereocenters. The number of allylic oxidation sites excluding steroid dienone is 2. The van der Waals surface area contributed by atoms with Crippen LogP contribution in [-0.2, 0) is 11.2 Å². The van der Waals surface area contributed by atoms with E-state index in [1.807, 2.05) is 19.9 Å². The van der Waals surface area contributed by atoms with Gasteiger partial charge in [-0.05, 0) is 73.7 Å². The lowest BCUT2D eigenvalue weighted by atomic mass is 9.81. The van der Waals surface area contributed by atoms with Crippen molar-refractivity contribution in [3.05, 3.63) is 66.0 Å². The average molecular weight is 596 g/mol. The quantitative estimate of drug-likeness (QED) is 0.137. The largest absolute Gasteiger partial charge is 0.454 e. The summed E-state index contributed by atoms with van der Waals surface area (Å²) in [5.41, 5.74) is 1.95. The van der Waals surface area contributed by atoms with Crippen LogP contribution >= 0.6 is 47.6 Å². The molecule has 0 unspecified atom stereocenters. The summed E-state index contributed by atoms with van der Waals surface area (Å²) in [6.45, 7) is 8.11. The highest BCUT2D eigenvalue weighted by Gasteiger charge is 2.26. The lowest BCUT2D eigenvalue weighted by Gasteiger charge is -2.23. The van der Waals surface area contributed by atoms with Gasteiger partial charge < -0.3 is 10.1 Å². The molecule has 1 heterocycles. The number of aromatic nitrogens is 3. The highest BCUT2D eigenvalue weighted by molar-refractivity contribution is 7.80. The average Bonchev–Trinajstić information content (AvgIpc) is 2.82. The summed E-state index contributed by atoms with van der Waals surface area (Å²) in [7, 11) is 1.78. The molecule has 3 rings (SSSR count). The number of carbonyl (C=O) groups excluding carboxylic acids is 1. The maximum Gasteiger partial charge on any atom is 0.274 e. The fourth-order valence-corrected chi connectivity index (χ4v) is 4.92. The molecule has 0 aliphatic heterocycles. The number of carbonyl (C=O) groups is 1. The van der Waals surface area contributed by atoms with Crippen LogP contribution in [0.4, 0.5) is 0 Å². The fraction of sp³-hybridized carbons (Fsp3) is 0.444. The smallest absolute Gasteiger partial charge is 0.274 e. The van der Waals surface area contributed by atoms with Gasteiger partial charge in [-0.2, -0.15) is 5.10 Å². The minimum absolute atomic E-state index is 0.00491. The van der Waals surface area contributed by atoms with E-state index in [0.29, 0.717) is 16.4 Å². The minimum atomic E-state index is -0.479. The molecule has 204 valence electrons. The van der Waals surface area contributed by atoms with Gasteiger partial charge in [0.2, 0.25) is 4.77 Å². The van der Waals surface area contributed by atoms with Gasteiger partial charge in [0.05, 0.1) is 22.2 Å². The van der Waals surface area contributed by atoms with Gasteiger partial charge >= 0.3 is 0 Å². The molecule has 1 aliphatic rings. The lowest BCUT2D eigenvalue weighted by Crippen LogP contribution is -2.29. The van der Waals surface area contributed by atoms with Crippen LogP contribution in [0.2, 0.25) is 10.0 Å². The van der Waals surface area contributed by atoms with Crippen LogP contribution in [0, 0.1) is 16.6 Å². The maximum atomic E-state index is 12.5. The number of aromatic amines is 1. The van der Waals surface area contributed by atoms with Crippen LogP contribution in [0.5, 0.6) is 5.75 Å². The van der Waals surface area contributed by atoms with Gasteiger partial charge in [0, 0.05) is 13.0 Å². The molecule has 2 aromatic rings. The Morgan fingerprint density at radius 3 is 2.45 bits per heavy atom. The predicted octanol–water partition coefficient (Wildman–Crippen LogP) is 6.70. The van der Waals surface area contributed by atoms with Gasteiger partial charge in [-0.3, -0.25) is 14.6 Å². The number of benzene rings is 1. The number of thiocarbonyl (C=S) groups is 1. The number of nitrogens with zero attached hydrogens (tertiary/aromatic N) is 2. The molecule has 11 heteroatoms. The van der Waals surface area contributed by atoms with E-state index in [1.54, 1.807) is 19.2 Å². The number of likely N-dealkylation sites (N-methyl/N-ethyl adjacent to an activating group) is 1.